The summed E-state index contributed by atoms with van der Waals surface area (Å²) in [5, 5.41) is 3.02. The Hall–Kier alpha value is -1.31. The molecule has 1 N–H and O–H groups in total. The second-order valence-corrected chi connectivity index (χ2v) is 4.85. The lowest BCUT2D eigenvalue weighted by atomic mass is 10.0. The van der Waals surface area contributed by atoms with E-state index < -0.39 is 0 Å². The second-order valence-electron chi connectivity index (χ2n) is 4.85. The molecule has 1 aromatic rings. The van der Waals surface area contributed by atoms with Crippen LogP contribution in [0.2, 0.25) is 0 Å². The summed E-state index contributed by atoms with van der Waals surface area (Å²) in [4.78, 5) is 11.8. The maximum atomic E-state index is 11.8. The fourth-order valence-corrected chi connectivity index (χ4v) is 1.93. The highest BCUT2D eigenvalue weighted by Gasteiger charge is 2.07. The number of benzene rings is 1. The molecule has 0 spiro atoms. The summed E-state index contributed by atoms with van der Waals surface area (Å²) in [6, 6.07) is 6.48. The Morgan fingerprint density at radius 2 is 2.00 bits per heavy atom. The van der Waals surface area contributed by atoms with Gasteiger partial charge in [0.2, 0.25) is 5.91 Å². The molecule has 1 amide bonds. The quantitative estimate of drug-likeness (QED) is 0.831. The van der Waals surface area contributed by atoms with E-state index in [4.69, 9.17) is 0 Å². The number of nitrogens with one attached hydrogen (secondary N) is 1. The van der Waals surface area contributed by atoms with Crippen LogP contribution in [-0.4, -0.2) is 11.9 Å². The number of hydrogen-bond donors (Lipinski definition) is 1. The summed E-state index contributed by atoms with van der Waals surface area (Å²) in [6.07, 6.45) is 2.62. The van der Waals surface area contributed by atoms with Gasteiger partial charge in [-0.3, -0.25) is 4.79 Å². The third kappa shape index (κ3) is 4.59. The average molecular weight is 233 g/mol. The molecule has 0 unspecified atom stereocenters. The van der Waals surface area contributed by atoms with Crippen molar-refractivity contribution in [2.75, 3.05) is 0 Å². The number of aryl methyl sites for hydroxylation is 2. The predicted molar refractivity (Wildman–Crippen MR) is 72.1 cm³/mol. The Morgan fingerprint density at radius 1 is 1.29 bits per heavy atom. The number of hydrogen-bond acceptors (Lipinski definition) is 1. The van der Waals surface area contributed by atoms with Crippen molar-refractivity contribution in [1.82, 2.24) is 5.32 Å². The molecule has 0 saturated heterocycles. The number of rotatable bonds is 5. The van der Waals surface area contributed by atoms with Gasteiger partial charge in [-0.2, -0.15) is 0 Å². The van der Waals surface area contributed by atoms with Crippen LogP contribution in [0.4, 0.5) is 0 Å². The van der Waals surface area contributed by atoms with Crippen molar-refractivity contribution in [3.05, 3.63) is 34.9 Å². The van der Waals surface area contributed by atoms with Crippen LogP contribution in [0.5, 0.6) is 0 Å². The molecule has 0 aliphatic heterocycles. The highest BCUT2D eigenvalue weighted by Crippen LogP contribution is 2.10. The molecule has 0 radical (unpaired) electrons. The highest BCUT2D eigenvalue weighted by molar-refractivity contribution is 5.78. The topological polar surface area (TPSA) is 29.1 Å². The first-order valence-electron chi connectivity index (χ1n) is 6.38. The normalized spacial score (nSPS) is 12.2. The van der Waals surface area contributed by atoms with Crippen molar-refractivity contribution in [1.29, 1.82) is 0 Å². The molecule has 1 rings (SSSR count). The van der Waals surface area contributed by atoms with Crippen LogP contribution < -0.4 is 5.32 Å². The van der Waals surface area contributed by atoms with E-state index in [0.29, 0.717) is 6.42 Å². The Kier molecular flexibility index (Phi) is 5.20. The summed E-state index contributed by atoms with van der Waals surface area (Å²) >= 11 is 0. The lowest BCUT2D eigenvalue weighted by Crippen LogP contribution is -2.33. The van der Waals surface area contributed by atoms with Crippen LogP contribution in [-0.2, 0) is 11.2 Å². The Balaban J connectivity index is 2.53. The van der Waals surface area contributed by atoms with Gasteiger partial charge in [0, 0.05) is 6.04 Å². The monoisotopic (exact) mass is 233 g/mol. The molecular formula is C15H23NO. The zero-order valence-electron chi connectivity index (χ0n) is 11.3. The van der Waals surface area contributed by atoms with Gasteiger partial charge in [-0.25, -0.2) is 0 Å². The van der Waals surface area contributed by atoms with E-state index in [1.54, 1.807) is 0 Å². The minimum atomic E-state index is 0.120. The minimum absolute atomic E-state index is 0.120. The van der Waals surface area contributed by atoms with E-state index in [9.17, 15) is 4.79 Å². The van der Waals surface area contributed by atoms with Gasteiger partial charge in [0.15, 0.2) is 0 Å². The van der Waals surface area contributed by atoms with Gasteiger partial charge in [0.1, 0.15) is 0 Å². The summed E-state index contributed by atoms with van der Waals surface area (Å²) in [7, 11) is 0. The summed E-state index contributed by atoms with van der Waals surface area (Å²) in [5.41, 5.74) is 3.61. The van der Waals surface area contributed by atoms with E-state index in [2.05, 4.69) is 45.1 Å². The zero-order valence-corrected chi connectivity index (χ0v) is 11.3. The van der Waals surface area contributed by atoms with Crippen molar-refractivity contribution in [3.63, 3.8) is 0 Å². The summed E-state index contributed by atoms with van der Waals surface area (Å²) < 4.78 is 0. The zero-order chi connectivity index (χ0) is 12.8. The van der Waals surface area contributed by atoms with Crippen LogP contribution in [0.3, 0.4) is 0 Å². The van der Waals surface area contributed by atoms with Crippen molar-refractivity contribution in [2.24, 2.45) is 0 Å². The first kappa shape index (κ1) is 13.8. The Labute approximate surface area is 104 Å². The molecule has 0 aliphatic rings. The predicted octanol–water partition coefficient (Wildman–Crippen LogP) is 3.15. The second kappa shape index (κ2) is 6.43. The SMILES string of the molecule is CCC[C@H](C)NC(=O)Cc1ccc(C)c(C)c1. The number of carbonyl (C=O) groups excluding carboxylic acids is 1. The van der Waals surface area contributed by atoms with Crippen molar-refractivity contribution in [2.45, 2.75) is 53.0 Å². The van der Waals surface area contributed by atoms with E-state index in [1.807, 2.05) is 6.07 Å². The number of carbonyl (C=O) groups is 1. The van der Waals surface area contributed by atoms with Gasteiger partial charge in [-0.15, -0.1) is 0 Å². The third-order valence-electron chi connectivity index (χ3n) is 3.07. The van der Waals surface area contributed by atoms with Gasteiger partial charge in [0.25, 0.3) is 0 Å². The van der Waals surface area contributed by atoms with Crippen LogP contribution in [0.25, 0.3) is 0 Å². The van der Waals surface area contributed by atoms with Crippen molar-refractivity contribution >= 4 is 5.91 Å². The van der Waals surface area contributed by atoms with Crippen molar-refractivity contribution < 1.29 is 4.79 Å². The van der Waals surface area contributed by atoms with Crippen LogP contribution in [0, 0.1) is 13.8 Å². The average Bonchev–Trinajstić information content (AvgIpc) is 2.23. The molecule has 0 bridgehead atoms. The molecule has 2 nitrogen and oxygen atoms in total. The molecule has 17 heavy (non-hydrogen) atoms. The molecule has 0 heterocycles. The Morgan fingerprint density at radius 3 is 2.59 bits per heavy atom. The first-order chi connectivity index (χ1) is 8.02. The number of amides is 1. The largest absolute Gasteiger partial charge is 0.353 e. The maximum absolute atomic E-state index is 11.8. The van der Waals surface area contributed by atoms with Crippen LogP contribution >= 0.6 is 0 Å². The van der Waals surface area contributed by atoms with Gasteiger partial charge in [-0.05, 0) is 43.9 Å². The summed E-state index contributed by atoms with van der Waals surface area (Å²) in [6.45, 7) is 8.35. The van der Waals surface area contributed by atoms with Crippen LogP contribution in [0.15, 0.2) is 18.2 Å². The fourth-order valence-electron chi connectivity index (χ4n) is 1.93. The molecule has 94 valence electrons. The van der Waals surface area contributed by atoms with Gasteiger partial charge < -0.3 is 5.32 Å². The molecule has 0 aromatic heterocycles. The standard InChI is InChI=1S/C15H23NO/c1-5-6-13(4)16-15(17)10-14-8-7-11(2)12(3)9-14/h7-9,13H,5-6,10H2,1-4H3,(H,16,17)/t13-/m0/s1. The third-order valence-corrected chi connectivity index (χ3v) is 3.07. The van der Waals surface area contributed by atoms with Gasteiger partial charge >= 0.3 is 0 Å². The van der Waals surface area contributed by atoms with E-state index in [-0.39, 0.29) is 11.9 Å². The molecule has 2 heteroatoms. The molecule has 0 aliphatic carbocycles. The molecule has 1 aromatic carbocycles. The van der Waals surface area contributed by atoms with E-state index >= 15 is 0 Å². The molecule has 1 atom stereocenters. The molecule has 0 saturated carbocycles. The maximum Gasteiger partial charge on any atom is 0.224 e. The molecule has 0 fully saturated rings. The lowest BCUT2D eigenvalue weighted by molar-refractivity contribution is -0.121. The van der Waals surface area contributed by atoms with Gasteiger partial charge in [0.05, 0.1) is 6.42 Å². The van der Waals surface area contributed by atoms with E-state index in [1.165, 1.54) is 11.1 Å². The van der Waals surface area contributed by atoms with Crippen LogP contribution in [0.1, 0.15) is 43.4 Å². The molecular weight excluding hydrogens is 210 g/mol. The minimum Gasteiger partial charge on any atom is -0.353 e. The van der Waals surface area contributed by atoms with Crippen molar-refractivity contribution in [3.8, 4) is 0 Å². The lowest BCUT2D eigenvalue weighted by Gasteiger charge is -2.13. The fraction of sp³-hybridized carbons (Fsp3) is 0.533. The first-order valence-corrected chi connectivity index (χ1v) is 6.38. The highest BCUT2D eigenvalue weighted by atomic mass is 16.1. The Bertz CT molecular complexity index is 385. The van der Waals surface area contributed by atoms with Gasteiger partial charge in [-0.1, -0.05) is 31.5 Å². The smallest absolute Gasteiger partial charge is 0.224 e. The van der Waals surface area contributed by atoms with E-state index in [0.717, 1.165) is 18.4 Å². The summed E-state index contributed by atoms with van der Waals surface area (Å²) in [5.74, 6) is 0.120.